The van der Waals surface area contributed by atoms with Gasteiger partial charge in [0.05, 0.1) is 5.41 Å². The van der Waals surface area contributed by atoms with Crippen LogP contribution in [0.3, 0.4) is 0 Å². The number of ketones is 1. The molecule has 0 aromatic rings. The highest BCUT2D eigenvalue weighted by molar-refractivity contribution is 6.37. The Balaban J connectivity index is 2.86. The lowest BCUT2D eigenvalue weighted by molar-refractivity contribution is -0.147. The van der Waals surface area contributed by atoms with Crippen LogP contribution in [0.5, 0.6) is 0 Å². The van der Waals surface area contributed by atoms with Gasteiger partial charge >= 0.3 is 5.97 Å². The van der Waals surface area contributed by atoms with Gasteiger partial charge in [0, 0.05) is 0 Å². The van der Waals surface area contributed by atoms with E-state index in [0.29, 0.717) is 12.8 Å². The second-order valence-corrected chi connectivity index (χ2v) is 2.89. The minimum Gasteiger partial charge on any atom is -0.459 e. The summed E-state index contributed by atoms with van der Waals surface area (Å²) in [6.07, 6.45) is 1.38. The Kier molecular flexibility index (Phi) is 1.98. The highest BCUT2D eigenvalue weighted by Crippen LogP contribution is 2.32. The summed E-state index contributed by atoms with van der Waals surface area (Å²) >= 11 is 0. The van der Waals surface area contributed by atoms with Gasteiger partial charge < -0.3 is 4.74 Å². The fourth-order valence-corrected chi connectivity index (χ4v) is 1.33. The fourth-order valence-electron chi connectivity index (χ4n) is 1.33. The van der Waals surface area contributed by atoms with Crippen molar-refractivity contribution in [2.75, 3.05) is 6.61 Å². The summed E-state index contributed by atoms with van der Waals surface area (Å²) in [5, 5.41) is 0. The number of rotatable bonds is 2. The van der Waals surface area contributed by atoms with E-state index in [-0.39, 0.29) is 12.4 Å². The van der Waals surface area contributed by atoms with Gasteiger partial charge in [-0.1, -0.05) is 13.8 Å². The largest absolute Gasteiger partial charge is 0.459 e. The molecular weight excluding hydrogens is 144 g/mol. The molecule has 3 nitrogen and oxygen atoms in total. The van der Waals surface area contributed by atoms with Gasteiger partial charge in [-0.05, 0) is 12.8 Å². The molecule has 1 rings (SSSR count). The number of carbonyl (C=O) groups is 2. The molecule has 0 radical (unpaired) electrons. The minimum absolute atomic E-state index is 0.275. The van der Waals surface area contributed by atoms with Crippen molar-refractivity contribution >= 4 is 11.8 Å². The van der Waals surface area contributed by atoms with Crippen LogP contribution in [0.1, 0.15) is 26.7 Å². The number of ether oxygens (including phenoxy) is 1. The Bertz CT molecular complexity index is 192. The van der Waals surface area contributed by atoms with Crippen molar-refractivity contribution in [3.05, 3.63) is 0 Å². The third-order valence-corrected chi connectivity index (χ3v) is 2.50. The molecule has 11 heavy (non-hydrogen) atoms. The van der Waals surface area contributed by atoms with Crippen LogP contribution in [0.25, 0.3) is 0 Å². The van der Waals surface area contributed by atoms with E-state index in [1.807, 2.05) is 13.8 Å². The van der Waals surface area contributed by atoms with Crippen LogP contribution in [0.2, 0.25) is 0 Å². The van der Waals surface area contributed by atoms with E-state index in [2.05, 4.69) is 4.74 Å². The Morgan fingerprint density at radius 2 is 1.91 bits per heavy atom. The molecule has 0 amide bonds. The van der Waals surface area contributed by atoms with Crippen molar-refractivity contribution < 1.29 is 14.3 Å². The van der Waals surface area contributed by atoms with Gasteiger partial charge in [-0.3, -0.25) is 4.79 Å². The Morgan fingerprint density at radius 3 is 2.09 bits per heavy atom. The molecule has 1 saturated heterocycles. The van der Waals surface area contributed by atoms with Crippen LogP contribution >= 0.6 is 0 Å². The molecule has 0 N–H and O–H groups in total. The van der Waals surface area contributed by atoms with Gasteiger partial charge in [0.15, 0.2) is 0 Å². The number of Topliss-reactive ketones (excluding diaryl/α,β-unsaturated/α-hetero) is 1. The molecule has 0 aromatic carbocycles. The van der Waals surface area contributed by atoms with Crippen LogP contribution in [0, 0.1) is 5.41 Å². The molecule has 1 fully saturated rings. The zero-order chi connectivity index (χ0) is 8.48. The molecule has 0 atom stereocenters. The Morgan fingerprint density at radius 1 is 1.36 bits per heavy atom. The van der Waals surface area contributed by atoms with Gasteiger partial charge in [-0.2, -0.15) is 0 Å². The second-order valence-electron chi connectivity index (χ2n) is 2.89. The number of esters is 1. The summed E-state index contributed by atoms with van der Waals surface area (Å²) in [4.78, 5) is 22.0. The Hall–Kier alpha value is -0.860. The zero-order valence-electron chi connectivity index (χ0n) is 6.85. The van der Waals surface area contributed by atoms with Crippen LogP contribution in [0.15, 0.2) is 0 Å². The summed E-state index contributed by atoms with van der Waals surface area (Å²) in [7, 11) is 0. The van der Waals surface area contributed by atoms with E-state index in [1.54, 1.807) is 0 Å². The molecule has 0 spiro atoms. The molecule has 3 heteroatoms. The molecule has 0 bridgehead atoms. The maximum atomic E-state index is 11.2. The van der Waals surface area contributed by atoms with E-state index < -0.39 is 11.4 Å². The highest BCUT2D eigenvalue weighted by atomic mass is 16.5. The first kappa shape index (κ1) is 8.24. The second kappa shape index (κ2) is 2.64. The van der Waals surface area contributed by atoms with E-state index >= 15 is 0 Å². The van der Waals surface area contributed by atoms with Crippen LogP contribution in [0.4, 0.5) is 0 Å². The molecule has 0 aliphatic carbocycles. The van der Waals surface area contributed by atoms with E-state index in [9.17, 15) is 9.59 Å². The Labute approximate surface area is 65.7 Å². The quantitative estimate of drug-likeness (QED) is 0.441. The van der Waals surface area contributed by atoms with E-state index in [0.717, 1.165) is 0 Å². The van der Waals surface area contributed by atoms with Crippen molar-refractivity contribution in [2.45, 2.75) is 26.7 Å². The number of carbonyl (C=O) groups excluding carboxylic acids is 2. The lowest BCUT2D eigenvalue weighted by Gasteiger charge is -2.18. The first-order chi connectivity index (χ1) is 5.16. The monoisotopic (exact) mass is 156 g/mol. The normalized spacial score (nSPS) is 22.0. The van der Waals surface area contributed by atoms with Gasteiger partial charge in [0.25, 0.3) is 0 Å². The van der Waals surface area contributed by atoms with Crippen molar-refractivity contribution in [1.29, 1.82) is 0 Å². The van der Waals surface area contributed by atoms with Gasteiger partial charge in [0.1, 0.15) is 6.61 Å². The topological polar surface area (TPSA) is 43.4 Å². The highest BCUT2D eigenvalue weighted by Gasteiger charge is 2.46. The average molecular weight is 156 g/mol. The van der Waals surface area contributed by atoms with Gasteiger partial charge in [0.2, 0.25) is 5.78 Å². The molecule has 1 aliphatic rings. The number of cyclic esters (lactones) is 1. The molecule has 1 aliphatic heterocycles. The first-order valence-corrected chi connectivity index (χ1v) is 3.88. The van der Waals surface area contributed by atoms with Crippen LogP contribution in [-0.4, -0.2) is 18.4 Å². The lowest BCUT2D eigenvalue weighted by atomic mass is 9.81. The molecule has 0 saturated carbocycles. The van der Waals surface area contributed by atoms with Crippen molar-refractivity contribution in [2.24, 2.45) is 5.41 Å². The van der Waals surface area contributed by atoms with Gasteiger partial charge in [-0.25, -0.2) is 4.79 Å². The predicted octanol–water partition coefficient (Wildman–Crippen LogP) is 0.919. The van der Waals surface area contributed by atoms with Crippen LogP contribution < -0.4 is 0 Å². The standard InChI is InChI=1S/C8H12O3/c1-3-8(4-2)5-11-7(10)6(8)9/h3-5H2,1-2H3. The fraction of sp³-hybridized carbons (Fsp3) is 0.750. The third-order valence-electron chi connectivity index (χ3n) is 2.50. The first-order valence-electron chi connectivity index (χ1n) is 3.88. The summed E-state index contributed by atoms with van der Waals surface area (Å²) in [6.45, 7) is 4.09. The lowest BCUT2D eigenvalue weighted by Crippen LogP contribution is -2.29. The minimum atomic E-state index is -0.659. The average Bonchev–Trinajstić information content (AvgIpc) is 2.32. The van der Waals surface area contributed by atoms with E-state index in [1.165, 1.54) is 0 Å². The third kappa shape index (κ3) is 1.04. The van der Waals surface area contributed by atoms with Crippen molar-refractivity contribution in [3.8, 4) is 0 Å². The summed E-state index contributed by atoms with van der Waals surface area (Å²) in [6, 6.07) is 0. The molecule has 0 aromatic heterocycles. The number of hydrogen-bond acceptors (Lipinski definition) is 3. The summed E-state index contributed by atoms with van der Waals surface area (Å²) in [5.74, 6) is -1.00. The SMILES string of the molecule is CCC1(CC)COC(=O)C1=O. The zero-order valence-corrected chi connectivity index (χ0v) is 6.85. The molecule has 1 heterocycles. The van der Waals surface area contributed by atoms with Crippen molar-refractivity contribution in [1.82, 2.24) is 0 Å². The molecular formula is C8H12O3. The molecule has 62 valence electrons. The van der Waals surface area contributed by atoms with E-state index in [4.69, 9.17) is 0 Å². The maximum absolute atomic E-state index is 11.2. The summed E-state index contributed by atoms with van der Waals surface area (Å²) < 4.78 is 4.67. The van der Waals surface area contributed by atoms with Crippen molar-refractivity contribution in [3.63, 3.8) is 0 Å². The van der Waals surface area contributed by atoms with Gasteiger partial charge in [-0.15, -0.1) is 0 Å². The number of hydrogen-bond donors (Lipinski definition) is 0. The maximum Gasteiger partial charge on any atom is 0.375 e. The smallest absolute Gasteiger partial charge is 0.375 e. The summed E-state index contributed by atoms with van der Waals surface area (Å²) in [5.41, 5.74) is -0.503. The molecule has 0 unspecified atom stereocenters. The van der Waals surface area contributed by atoms with Crippen LogP contribution in [-0.2, 0) is 14.3 Å². The predicted molar refractivity (Wildman–Crippen MR) is 39.0 cm³/mol.